The van der Waals surface area contributed by atoms with Crippen molar-refractivity contribution in [1.29, 1.82) is 0 Å². The van der Waals surface area contributed by atoms with Crippen molar-refractivity contribution >= 4 is 5.97 Å². The van der Waals surface area contributed by atoms with Gasteiger partial charge in [-0.25, -0.2) is 0 Å². The molecule has 8 atom stereocenters. The molecule has 1 aromatic heterocycles. The summed E-state index contributed by atoms with van der Waals surface area (Å²) in [5.41, 5.74) is -0.375. The molecule has 0 spiro atoms. The summed E-state index contributed by atoms with van der Waals surface area (Å²) >= 11 is 0. The second kappa shape index (κ2) is 6.57. The molecular weight excluding hydrogens is 360 g/mol. The van der Waals surface area contributed by atoms with Crippen LogP contribution in [0.4, 0.5) is 0 Å². The average Bonchev–Trinajstić information content (AvgIpc) is 3.07. The van der Waals surface area contributed by atoms with Crippen LogP contribution < -0.4 is 0 Å². The van der Waals surface area contributed by atoms with Crippen LogP contribution in [0.15, 0.2) is 23.0 Å². The first kappa shape index (κ1) is 19.9. The molecule has 0 unspecified atom stereocenters. The Morgan fingerprint density at radius 1 is 1.39 bits per heavy atom. The lowest BCUT2D eigenvalue weighted by atomic mass is 9.43. The van der Waals surface area contributed by atoms with E-state index in [4.69, 9.17) is 13.9 Å². The van der Waals surface area contributed by atoms with Crippen LogP contribution in [0.1, 0.15) is 65.0 Å². The van der Waals surface area contributed by atoms with Gasteiger partial charge in [0.05, 0.1) is 30.3 Å². The minimum absolute atomic E-state index is 0.0676. The number of fused-ring (bicyclic) bond motifs is 3. The number of hydrogen-bond acceptors (Lipinski definition) is 6. The van der Waals surface area contributed by atoms with Crippen LogP contribution >= 0.6 is 0 Å². The highest BCUT2D eigenvalue weighted by Gasteiger charge is 2.74. The van der Waals surface area contributed by atoms with Gasteiger partial charge in [-0.1, -0.05) is 13.8 Å². The standard InChI is InChI=1S/C22H32O6/c1-13-17(27-14(2)24)10-20(3)18(5-6-19-21(20,4)28-19)22(13,12-23)9-16(25)15-7-8-26-11-15/h7-8,11,13,16-19,23,25H,5-6,9-10,12H2,1-4H3/t13-,16-,17-,18+,19-,20-,21-,22-/m1/s1. The van der Waals surface area contributed by atoms with Crippen molar-refractivity contribution < 1.29 is 28.9 Å². The topological polar surface area (TPSA) is 92.4 Å². The third-order valence-corrected chi connectivity index (χ3v) is 8.46. The van der Waals surface area contributed by atoms with Crippen LogP contribution in [-0.4, -0.2) is 40.6 Å². The molecule has 2 saturated carbocycles. The SMILES string of the molecule is CC(=O)O[C@@H]1C[C@]2(C)[C@H](CC[C@H]3O[C@]32C)[C@@](CO)(C[C@@H](O)c2ccoc2)[C@@H]1C. The van der Waals surface area contributed by atoms with E-state index in [9.17, 15) is 15.0 Å². The second-order valence-corrected chi connectivity index (χ2v) is 9.57. The first-order valence-electron chi connectivity index (χ1n) is 10.3. The van der Waals surface area contributed by atoms with Crippen molar-refractivity contribution in [2.75, 3.05) is 6.61 Å². The lowest BCUT2D eigenvalue weighted by molar-refractivity contribution is -0.202. The molecule has 0 bridgehead atoms. The molecular formula is C22H32O6. The van der Waals surface area contributed by atoms with E-state index in [1.165, 1.54) is 6.92 Å². The number of ether oxygens (including phenoxy) is 2. The van der Waals surface area contributed by atoms with Crippen LogP contribution in [0.3, 0.4) is 0 Å². The molecule has 0 aromatic carbocycles. The largest absolute Gasteiger partial charge is 0.472 e. The number of carbonyl (C=O) groups is 1. The first-order valence-corrected chi connectivity index (χ1v) is 10.3. The number of rotatable bonds is 5. The van der Waals surface area contributed by atoms with Crippen LogP contribution in [0.2, 0.25) is 0 Å². The fraction of sp³-hybridized carbons (Fsp3) is 0.773. The van der Waals surface area contributed by atoms with Crippen molar-refractivity contribution in [3.8, 4) is 0 Å². The number of aliphatic hydroxyl groups is 2. The van der Waals surface area contributed by atoms with Crippen LogP contribution in [0, 0.1) is 22.7 Å². The van der Waals surface area contributed by atoms with E-state index >= 15 is 0 Å². The summed E-state index contributed by atoms with van der Waals surface area (Å²) in [4.78, 5) is 11.8. The molecule has 6 nitrogen and oxygen atoms in total. The quantitative estimate of drug-likeness (QED) is 0.590. The first-order chi connectivity index (χ1) is 13.2. The zero-order valence-corrected chi connectivity index (χ0v) is 17.2. The molecule has 2 N–H and O–H groups in total. The number of hydrogen-bond donors (Lipinski definition) is 2. The number of epoxide rings is 1. The molecule has 2 aliphatic carbocycles. The Balaban J connectivity index is 1.75. The second-order valence-electron chi connectivity index (χ2n) is 9.57. The molecule has 3 fully saturated rings. The molecule has 0 radical (unpaired) electrons. The molecule has 28 heavy (non-hydrogen) atoms. The summed E-state index contributed by atoms with van der Waals surface area (Å²) in [6.45, 7) is 7.78. The summed E-state index contributed by atoms with van der Waals surface area (Å²) < 4.78 is 17.0. The maximum atomic E-state index is 11.8. The highest BCUT2D eigenvalue weighted by atomic mass is 16.6. The third kappa shape index (κ3) is 2.68. The molecule has 0 amide bonds. The predicted octanol–water partition coefficient (Wildman–Crippen LogP) is 3.23. The van der Waals surface area contributed by atoms with Gasteiger partial charge < -0.3 is 24.1 Å². The van der Waals surface area contributed by atoms with Gasteiger partial charge in [0.15, 0.2) is 0 Å². The number of aliphatic hydroxyl groups excluding tert-OH is 2. The van der Waals surface area contributed by atoms with E-state index in [2.05, 4.69) is 13.8 Å². The lowest BCUT2D eigenvalue weighted by Gasteiger charge is -2.61. The Labute approximate surface area is 166 Å². The Morgan fingerprint density at radius 3 is 2.75 bits per heavy atom. The van der Waals surface area contributed by atoms with Crippen molar-refractivity contribution in [2.45, 2.75) is 77.3 Å². The van der Waals surface area contributed by atoms with Crippen molar-refractivity contribution in [3.05, 3.63) is 24.2 Å². The smallest absolute Gasteiger partial charge is 0.302 e. The van der Waals surface area contributed by atoms with Crippen LogP contribution in [0.25, 0.3) is 0 Å². The van der Waals surface area contributed by atoms with E-state index < -0.39 is 11.5 Å². The molecule has 1 aromatic rings. The molecule has 3 aliphatic rings. The molecule has 156 valence electrons. The highest BCUT2D eigenvalue weighted by Crippen LogP contribution is 2.70. The molecule has 1 aliphatic heterocycles. The predicted molar refractivity (Wildman–Crippen MR) is 101 cm³/mol. The minimum Gasteiger partial charge on any atom is -0.472 e. The number of carbonyl (C=O) groups excluding carboxylic acids is 1. The van der Waals surface area contributed by atoms with Gasteiger partial charge in [-0.3, -0.25) is 4.79 Å². The Morgan fingerprint density at radius 2 is 2.14 bits per heavy atom. The molecule has 2 heterocycles. The normalized spacial score (nSPS) is 45.6. The maximum Gasteiger partial charge on any atom is 0.302 e. The van der Waals surface area contributed by atoms with Gasteiger partial charge in [-0.15, -0.1) is 0 Å². The average molecular weight is 392 g/mol. The van der Waals surface area contributed by atoms with E-state index in [1.807, 2.05) is 6.92 Å². The van der Waals surface area contributed by atoms with Gasteiger partial charge in [0.1, 0.15) is 6.10 Å². The summed E-state index contributed by atoms with van der Waals surface area (Å²) in [6, 6.07) is 1.76. The maximum absolute atomic E-state index is 11.8. The van der Waals surface area contributed by atoms with E-state index in [-0.39, 0.29) is 47.6 Å². The molecule has 1 saturated heterocycles. The Hall–Kier alpha value is -1.37. The Kier molecular flexibility index (Phi) is 4.68. The minimum atomic E-state index is -0.751. The number of furan rings is 1. The van der Waals surface area contributed by atoms with E-state index in [0.29, 0.717) is 12.0 Å². The molecule has 6 heteroatoms. The van der Waals surface area contributed by atoms with Gasteiger partial charge in [-0.05, 0) is 44.6 Å². The van der Waals surface area contributed by atoms with Crippen molar-refractivity contribution in [1.82, 2.24) is 0 Å². The fourth-order valence-corrected chi connectivity index (χ4v) is 6.58. The highest BCUT2D eigenvalue weighted by molar-refractivity contribution is 5.66. The van der Waals surface area contributed by atoms with E-state index in [0.717, 1.165) is 19.3 Å². The third-order valence-electron chi connectivity index (χ3n) is 8.46. The lowest BCUT2D eigenvalue weighted by Crippen LogP contribution is -2.63. The zero-order chi connectivity index (χ0) is 20.3. The van der Waals surface area contributed by atoms with Crippen molar-refractivity contribution in [3.63, 3.8) is 0 Å². The van der Waals surface area contributed by atoms with Gasteiger partial charge in [0.25, 0.3) is 0 Å². The summed E-state index contributed by atoms with van der Waals surface area (Å²) in [5.74, 6) is -0.229. The summed E-state index contributed by atoms with van der Waals surface area (Å²) in [7, 11) is 0. The fourth-order valence-electron chi connectivity index (χ4n) is 6.58. The van der Waals surface area contributed by atoms with Crippen LogP contribution in [0.5, 0.6) is 0 Å². The van der Waals surface area contributed by atoms with Crippen molar-refractivity contribution in [2.24, 2.45) is 22.7 Å². The Bertz CT molecular complexity index is 731. The summed E-state index contributed by atoms with van der Waals surface area (Å²) in [6.07, 6.45) is 5.27. The monoisotopic (exact) mass is 392 g/mol. The molecule has 4 rings (SSSR count). The number of esters is 1. The van der Waals surface area contributed by atoms with Gasteiger partial charge >= 0.3 is 5.97 Å². The van der Waals surface area contributed by atoms with Gasteiger partial charge in [0.2, 0.25) is 0 Å². The zero-order valence-electron chi connectivity index (χ0n) is 17.2. The summed E-state index contributed by atoms with van der Waals surface area (Å²) in [5, 5.41) is 21.7. The van der Waals surface area contributed by atoms with Crippen LogP contribution in [-0.2, 0) is 14.3 Å². The van der Waals surface area contributed by atoms with Gasteiger partial charge in [0, 0.05) is 35.8 Å². The van der Waals surface area contributed by atoms with E-state index in [1.54, 1.807) is 18.6 Å². The van der Waals surface area contributed by atoms with Gasteiger partial charge in [-0.2, -0.15) is 0 Å².